The van der Waals surface area contributed by atoms with E-state index in [0.717, 1.165) is 79.1 Å². The van der Waals surface area contributed by atoms with Gasteiger partial charge >= 0.3 is 6.09 Å². The van der Waals surface area contributed by atoms with E-state index in [4.69, 9.17) is 26.8 Å². The molecule has 288 valence electrons. The van der Waals surface area contributed by atoms with Gasteiger partial charge in [-0.1, -0.05) is 67.4 Å². The Kier molecular flexibility index (Phi) is 15.0. The van der Waals surface area contributed by atoms with Gasteiger partial charge in [0.25, 0.3) is 0 Å². The first-order chi connectivity index (χ1) is 25.6. The van der Waals surface area contributed by atoms with Gasteiger partial charge in [0.05, 0.1) is 24.7 Å². The first-order valence-electron chi connectivity index (χ1n) is 19.4. The highest BCUT2D eigenvalue weighted by Crippen LogP contribution is 2.33. The van der Waals surface area contributed by atoms with Crippen LogP contribution < -0.4 is 20.5 Å². The van der Waals surface area contributed by atoms with Crippen molar-refractivity contribution in [3.8, 4) is 11.5 Å². The number of ether oxygens (including phenoxy) is 2. The molecule has 2 amide bonds. The van der Waals surface area contributed by atoms with Gasteiger partial charge in [-0.25, -0.2) is 4.79 Å². The molecule has 11 heteroatoms. The minimum Gasteiger partial charge on any atom is -0.496 e. The molecule has 3 N–H and O–H groups in total. The molecule has 53 heavy (non-hydrogen) atoms. The van der Waals surface area contributed by atoms with Crippen LogP contribution in [0.25, 0.3) is 10.8 Å². The monoisotopic (exact) mass is 747 g/mol. The number of nitrogens with one attached hydrogen (secondary N) is 1. The Labute approximate surface area is 320 Å². The second kappa shape index (κ2) is 19.6. The number of unbranched alkanes of at least 4 members (excludes halogenated alkanes) is 1. The molecular weight excluding hydrogens is 690 g/mol. The van der Waals surface area contributed by atoms with Gasteiger partial charge in [-0.2, -0.15) is 0 Å². The zero-order valence-corrected chi connectivity index (χ0v) is 32.7. The van der Waals surface area contributed by atoms with Gasteiger partial charge in [0.2, 0.25) is 5.91 Å². The molecule has 1 saturated carbocycles. The normalized spacial score (nSPS) is 19.7. The third-order valence-corrected chi connectivity index (χ3v) is 11.4. The third kappa shape index (κ3) is 10.7. The molecule has 3 aromatic rings. The highest BCUT2D eigenvalue weighted by atomic mass is 35.5. The molecule has 2 aliphatic rings. The van der Waals surface area contributed by atoms with Crippen LogP contribution in [-0.4, -0.2) is 105 Å². The van der Waals surface area contributed by atoms with Gasteiger partial charge in [0.15, 0.2) is 11.5 Å². The van der Waals surface area contributed by atoms with E-state index in [9.17, 15) is 14.4 Å². The van der Waals surface area contributed by atoms with Crippen molar-refractivity contribution in [3.05, 3.63) is 70.7 Å². The highest BCUT2D eigenvalue weighted by Gasteiger charge is 2.40. The average molecular weight is 748 g/mol. The molecule has 1 heterocycles. The van der Waals surface area contributed by atoms with E-state index in [1.807, 2.05) is 48.5 Å². The van der Waals surface area contributed by atoms with Crippen LogP contribution in [-0.2, 0) is 22.4 Å². The van der Waals surface area contributed by atoms with Crippen molar-refractivity contribution in [2.75, 3.05) is 53.9 Å². The molecule has 2 atom stereocenters. The van der Waals surface area contributed by atoms with E-state index in [1.165, 1.54) is 4.90 Å². The molecule has 0 radical (unpaired) electrons. The van der Waals surface area contributed by atoms with Gasteiger partial charge in [-0.05, 0) is 113 Å². The summed E-state index contributed by atoms with van der Waals surface area (Å²) >= 11 is 6.68. The lowest BCUT2D eigenvalue weighted by molar-refractivity contribution is -0.144. The fourth-order valence-electron chi connectivity index (χ4n) is 7.71. The van der Waals surface area contributed by atoms with E-state index in [1.54, 1.807) is 18.1 Å². The zero-order valence-electron chi connectivity index (χ0n) is 32.0. The quantitative estimate of drug-likeness (QED) is 0.160. The number of methoxy groups -OCH3 is 1. The second-order valence-electron chi connectivity index (χ2n) is 14.9. The number of fused-ring (bicyclic) bond motifs is 1. The number of halogens is 1. The maximum absolute atomic E-state index is 14.6. The van der Waals surface area contributed by atoms with Crippen molar-refractivity contribution in [3.63, 3.8) is 0 Å². The maximum Gasteiger partial charge on any atom is 0.415 e. The SMILES string of the molecule is CCc1ccc(CCC(=O)[C@@H]2CN(C(=O)Oc3ccc4ccccc4c3Cl)CCN2C(=O)[C@@H](CCCCN(C)C)NC2CCC(CN)CC2)cc1OC. The smallest absolute Gasteiger partial charge is 0.415 e. The number of nitrogens with two attached hydrogens (primary N) is 1. The summed E-state index contributed by atoms with van der Waals surface area (Å²) in [5.74, 6) is 1.42. The molecular formula is C42H58ClN5O5. The number of piperazine rings is 1. The van der Waals surface area contributed by atoms with Crippen molar-refractivity contribution >= 4 is 40.2 Å². The van der Waals surface area contributed by atoms with Crippen molar-refractivity contribution in [2.24, 2.45) is 11.7 Å². The molecule has 0 spiro atoms. The molecule has 0 bridgehead atoms. The van der Waals surface area contributed by atoms with Crippen LogP contribution in [0.1, 0.15) is 69.4 Å². The number of ketones is 1. The van der Waals surface area contributed by atoms with Crippen LogP contribution in [0.15, 0.2) is 54.6 Å². The van der Waals surface area contributed by atoms with Crippen molar-refractivity contribution in [1.82, 2.24) is 20.0 Å². The number of aryl methyl sites for hydroxylation is 2. The Bertz CT molecular complexity index is 1690. The Morgan fingerprint density at radius 3 is 2.49 bits per heavy atom. The topological polar surface area (TPSA) is 117 Å². The van der Waals surface area contributed by atoms with Gasteiger partial charge in [-0.3, -0.25) is 9.59 Å². The highest BCUT2D eigenvalue weighted by molar-refractivity contribution is 6.37. The maximum atomic E-state index is 14.6. The molecule has 10 nitrogen and oxygen atoms in total. The molecule has 1 aliphatic carbocycles. The van der Waals surface area contributed by atoms with E-state index >= 15 is 0 Å². The number of Topliss-reactive ketones (excluding diaryl/α,β-unsaturated/α-hetero) is 1. The van der Waals surface area contributed by atoms with Crippen molar-refractivity contribution in [1.29, 1.82) is 0 Å². The Morgan fingerprint density at radius 1 is 1.00 bits per heavy atom. The lowest BCUT2D eigenvalue weighted by atomic mass is 9.85. The first-order valence-corrected chi connectivity index (χ1v) is 19.7. The van der Waals surface area contributed by atoms with Crippen molar-refractivity contribution in [2.45, 2.75) is 89.3 Å². The zero-order chi connectivity index (χ0) is 37.9. The number of carbonyl (C=O) groups is 3. The average Bonchev–Trinajstić information content (AvgIpc) is 3.18. The van der Waals surface area contributed by atoms with Crippen LogP contribution in [0.2, 0.25) is 5.02 Å². The lowest BCUT2D eigenvalue weighted by Crippen LogP contribution is -2.63. The van der Waals surface area contributed by atoms with Gasteiger partial charge in [-0.15, -0.1) is 0 Å². The van der Waals surface area contributed by atoms with Crippen molar-refractivity contribution < 1.29 is 23.9 Å². The Hall–Kier alpha value is -3.70. The van der Waals surface area contributed by atoms with Crippen LogP contribution in [0.5, 0.6) is 11.5 Å². The summed E-state index contributed by atoms with van der Waals surface area (Å²) in [5.41, 5.74) is 8.06. The van der Waals surface area contributed by atoms with E-state index in [-0.39, 0.29) is 49.5 Å². The summed E-state index contributed by atoms with van der Waals surface area (Å²) in [6, 6.07) is 16.2. The van der Waals surface area contributed by atoms with Crippen LogP contribution >= 0.6 is 11.6 Å². The second-order valence-corrected chi connectivity index (χ2v) is 15.3. The molecule has 5 rings (SSSR count). The van der Waals surface area contributed by atoms with E-state index < -0.39 is 18.2 Å². The van der Waals surface area contributed by atoms with Crippen LogP contribution in [0, 0.1) is 5.92 Å². The summed E-state index contributed by atoms with van der Waals surface area (Å²) in [7, 11) is 5.77. The number of carbonyl (C=O) groups excluding carboxylic acids is 3. The molecule has 3 aromatic carbocycles. The van der Waals surface area contributed by atoms with Crippen LogP contribution in [0.3, 0.4) is 0 Å². The first kappa shape index (κ1) is 40.5. The van der Waals surface area contributed by atoms with Crippen LogP contribution in [0.4, 0.5) is 4.79 Å². The molecule has 0 unspecified atom stereocenters. The summed E-state index contributed by atoms with van der Waals surface area (Å²) in [5, 5.41) is 5.80. The molecule has 1 saturated heterocycles. The summed E-state index contributed by atoms with van der Waals surface area (Å²) in [6.45, 7) is 4.22. The Morgan fingerprint density at radius 2 is 1.77 bits per heavy atom. The van der Waals surface area contributed by atoms with Gasteiger partial charge in [0, 0.05) is 30.9 Å². The minimum atomic E-state index is -0.813. The lowest BCUT2D eigenvalue weighted by Gasteiger charge is -2.42. The third-order valence-electron chi connectivity index (χ3n) is 11.0. The number of benzene rings is 3. The number of rotatable bonds is 16. The summed E-state index contributed by atoms with van der Waals surface area (Å²) in [6.07, 6.45) is 7.52. The van der Waals surface area contributed by atoms with Gasteiger partial charge < -0.3 is 35.2 Å². The number of nitrogens with zero attached hydrogens (tertiary/aromatic N) is 3. The van der Waals surface area contributed by atoms with E-state index in [2.05, 4.69) is 31.2 Å². The van der Waals surface area contributed by atoms with Gasteiger partial charge in [0.1, 0.15) is 11.8 Å². The number of amides is 2. The minimum absolute atomic E-state index is 0.0433. The standard InChI is InChI=1S/C42H58ClN5O5/c1-5-31-17-13-29(26-39(31)52-4)16-21-37(49)36-28-47(42(51)53-38-22-18-32-10-6-7-11-34(32)40(38)43)24-25-48(36)41(50)35(12-8-9-23-46(2)3)45-33-19-14-30(27-44)15-20-33/h6-7,10-11,13,17-18,22,26,30,33,35-36,45H,5,8-9,12,14-16,19-21,23-25,27-28,44H2,1-4H3/t30?,33?,35-,36+/m1/s1. The largest absolute Gasteiger partial charge is 0.496 e. The fraction of sp³-hybridized carbons (Fsp3) is 0.548. The number of hydrogen-bond acceptors (Lipinski definition) is 8. The Balaban J connectivity index is 1.35. The fourth-order valence-corrected chi connectivity index (χ4v) is 7.99. The molecule has 2 fully saturated rings. The molecule has 0 aromatic heterocycles. The summed E-state index contributed by atoms with van der Waals surface area (Å²) in [4.78, 5) is 48.0. The summed E-state index contributed by atoms with van der Waals surface area (Å²) < 4.78 is 11.4. The predicted octanol–water partition coefficient (Wildman–Crippen LogP) is 6.49. The molecule has 1 aliphatic heterocycles. The predicted molar refractivity (Wildman–Crippen MR) is 212 cm³/mol. The van der Waals surface area contributed by atoms with E-state index in [0.29, 0.717) is 30.3 Å². The number of hydrogen-bond donors (Lipinski definition) is 2.